The maximum absolute atomic E-state index is 11.0. The molecule has 0 bridgehead atoms. The second kappa shape index (κ2) is 20.0. The summed E-state index contributed by atoms with van der Waals surface area (Å²) in [6.45, 7) is 3.39. The first-order valence-corrected chi connectivity index (χ1v) is 15.8. The van der Waals surface area contributed by atoms with E-state index in [9.17, 15) is 8.42 Å². The van der Waals surface area contributed by atoms with Gasteiger partial charge in [-0.2, -0.15) is 13.5 Å². The number of ether oxygens (including phenoxy) is 1. The van der Waals surface area contributed by atoms with Crippen LogP contribution in [0, 0.1) is 0 Å². The second-order valence-corrected chi connectivity index (χ2v) is 12.0. The molecule has 0 aliphatic heterocycles. The van der Waals surface area contributed by atoms with Gasteiger partial charge in [-0.05, 0) is 31.0 Å². The van der Waals surface area contributed by atoms with E-state index in [1.54, 1.807) is 0 Å². The van der Waals surface area contributed by atoms with Gasteiger partial charge >= 0.3 is 51.4 Å². The number of benzene rings is 1. The van der Waals surface area contributed by atoms with Crippen molar-refractivity contribution >= 4 is 83.1 Å². The van der Waals surface area contributed by atoms with E-state index in [2.05, 4.69) is 12.0 Å². The Hall–Kier alpha value is 0.0564. The molecule has 202 valence electrons. The van der Waals surface area contributed by atoms with Crippen LogP contribution in [-0.2, 0) is 16.7 Å². The number of nitrogens with two attached hydrogens (primary N) is 1. The van der Waals surface area contributed by atoms with Crippen LogP contribution in [0.5, 0.6) is 5.75 Å². The number of aromatic nitrogens is 1. The minimum atomic E-state index is -3.98. The van der Waals surface area contributed by atoms with Crippen LogP contribution >= 0.6 is 11.3 Å². The molecule has 0 spiro atoms. The topological polar surface area (TPSA) is 107 Å². The average Bonchev–Trinajstić information content (AvgIpc) is 3.17. The first-order valence-electron chi connectivity index (χ1n) is 13.4. The molecule has 0 unspecified atom stereocenters. The van der Waals surface area contributed by atoms with Gasteiger partial charge in [0, 0.05) is 6.54 Å². The molecule has 36 heavy (non-hydrogen) atoms. The summed E-state index contributed by atoms with van der Waals surface area (Å²) in [4.78, 5) is 0.611. The van der Waals surface area contributed by atoms with E-state index in [1.165, 1.54) is 94.8 Å². The third kappa shape index (κ3) is 14.3. The van der Waals surface area contributed by atoms with Crippen molar-refractivity contribution in [2.45, 2.75) is 110 Å². The number of nitrogens with zero attached hydrogens (tertiary/aromatic N) is 2. The van der Waals surface area contributed by atoms with Gasteiger partial charge in [-0.15, -0.1) is 0 Å². The van der Waals surface area contributed by atoms with Crippen molar-refractivity contribution in [3.05, 3.63) is 23.0 Å². The molecule has 0 amide bonds. The first kappa shape index (κ1) is 34.1. The van der Waals surface area contributed by atoms with Crippen molar-refractivity contribution in [3.63, 3.8) is 0 Å². The molecule has 1 aromatic heterocycles. The van der Waals surface area contributed by atoms with Crippen molar-refractivity contribution < 1.29 is 17.7 Å². The zero-order valence-corrected chi connectivity index (χ0v) is 23.1. The van der Waals surface area contributed by atoms with E-state index >= 15 is 0 Å². The number of aryl methyl sites for hydroxylation is 1. The molecule has 0 radical (unpaired) electrons. The van der Waals surface area contributed by atoms with Crippen molar-refractivity contribution in [2.24, 2.45) is 10.9 Å². The Labute approximate surface area is 264 Å². The summed E-state index contributed by atoms with van der Waals surface area (Å²) in [5, 5.41) is 3.83. The molecule has 10 heteroatoms. The van der Waals surface area contributed by atoms with Crippen LogP contribution in [-0.4, -0.2) is 81.3 Å². The summed E-state index contributed by atoms with van der Waals surface area (Å²) in [7, 11) is -3.98. The summed E-state index contributed by atoms with van der Waals surface area (Å²) in [5.41, 5.74) is 0.929. The minimum absolute atomic E-state index is 0. The van der Waals surface area contributed by atoms with Crippen LogP contribution in [0.1, 0.15) is 103 Å². The van der Waals surface area contributed by atoms with Gasteiger partial charge in [0.15, 0.2) is 0 Å². The van der Waals surface area contributed by atoms with E-state index in [-0.39, 0.29) is 63.6 Å². The predicted molar refractivity (Wildman–Crippen MR) is 154 cm³/mol. The standard InChI is InChI=1S/C26H45N3O4S2.K.H/c1-2-3-4-5-6-7-8-9-10-11-12-13-14-15-20-33-23-17-18-24-25(22-23)34-26(28-27)29(24)19-16-21-35(30,31)32;;/h17-18,22H,2-16,19-21,27H2,1H3,(H,30,31,32);;. The predicted octanol–water partition coefficient (Wildman–Crippen LogP) is 5.97. The fourth-order valence-corrected chi connectivity index (χ4v) is 5.85. The van der Waals surface area contributed by atoms with Gasteiger partial charge in [0.25, 0.3) is 10.1 Å². The number of rotatable bonds is 20. The van der Waals surface area contributed by atoms with Crippen LogP contribution in [0.2, 0.25) is 0 Å². The van der Waals surface area contributed by atoms with Gasteiger partial charge < -0.3 is 15.1 Å². The SMILES string of the molecule is CCCCCCCCCCCCCCCCOc1ccc2c(c1)sc(=NN)n2CCCS(=O)(=O)O.[KH]. The molecule has 1 aromatic carbocycles. The van der Waals surface area contributed by atoms with Crippen molar-refractivity contribution in [3.8, 4) is 5.75 Å². The Morgan fingerprint density at radius 3 is 2.00 bits per heavy atom. The van der Waals surface area contributed by atoms with Gasteiger partial charge in [-0.3, -0.25) is 4.55 Å². The van der Waals surface area contributed by atoms with Crippen LogP contribution in [0.15, 0.2) is 23.3 Å². The molecule has 0 aliphatic rings. The summed E-state index contributed by atoms with van der Waals surface area (Å²) in [5.74, 6) is 6.06. The normalized spacial score (nSPS) is 12.2. The maximum atomic E-state index is 11.0. The summed E-state index contributed by atoms with van der Waals surface area (Å²) >= 11 is 1.44. The molecule has 2 aromatic rings. The molecule has 2 rings (SSSR count). The van der Waals surface area contributed by atoms with Crippen LogP contribution in [0.4, 0.5) is 0 Å². The molecule has 1 heterocycles. The summed E-state index contributed by atoms with van der Waals surface area (Å²) in [6, 6.07) is 5.87. The quantitative estimate of drug-likeness (QED) is 0.0674. The zero-order valence-electron chi connectivity index (χ0n) is 21.4. The average molecular weight is 568 g/mol. The van der Waals surface area contributed by atoms with E-state index in [1.807, 2.05) is 22.8 Å². The number of thiazole rings is 1. The number of fused-ring (bicyclic) bond motifs is 1. The van der Waals surface area contributed by atoms with Crippen molar-refractivity contribution in [1.29, 1.82) is 0 Å². The second-order valence-electron chi connectivity index (χ2n) is 9.38. The van der Waals surface area contributed by atoms with E-state index in [0.29, 0.717) is 18.0 Å². The molecule has 0 atom stereocenters. The number of hydrogen-bond acceptors (Lipinski definition) is 6. The third-order valence-corrected chi connectivity index (χ3v) is 8.18. The van der Waals surface area contributed by atoms with Gasteiger partial charge in [-0.1, -0.05) is 102 Å². The Morgan fingerprint density at radius 2 is 1.47 bits per heavy atom. The van der Waals surface area contributed by atoms with Gasteiger partial charge in [0.1, 0.15) is 5.75 Å². The zero-order chi connectivity index (χ0) is 25.4. The van der Waals surface area contributed by atoms with Crippen LogP contribution < -0.4 is 15.4 Å². The summed E-state index contributed by atoms with van der Waals surface area (Å²) in [6.07, 6.45) is 19.0. The molecule has 3 N–H and O–H groups in total. The Kier molecular flexibility index (Phi) is 19.0. The van der Waals surface area contributed by atoms with E-state index in [0.717, 1.165) is 22.4 Å². The molecule has 0 fully saturated rings. The van der Waals surface area contributed by atoms with Crippen molar-refractivity contribution in [1.82, 2.24) is 4.57 Å². The Bertz CT molecular complexity index is 1020. The first-order chi connectivity index (χ1) is 16.9. The van der Waals surface area contributed by atoms with Crippen LogP contribution in [0.3, 0.4) is 0 Å². The fourth-order valence-electron chi connectivity index (χ4n) is 4.35. The molecular weight excluding hydrogens is 522 g/mol. The molecule has 0 saturated heterocycles. The number of hydrogen-bond donors (Lipinski definition) is 2. The number of unbranched alkanes of at least 4 members (excludes halogenated alkanes) is 13. The Morgan fingerprint density at radius 1 is 0.917 bits per heavy atom. The van der Waals surface area contributed by atoms with E-state index < -0.39 is 10.1 Å². The van der Waals surface area contributed by atoms with Crippen molar-refractivity contribution in [2.75, 3.05) is 12.4 Å². The molecule has 0 saturated carbocycles. The molecule has 0 aliphatic carbocycles. The van der Waals surface area contributed by atoms with Gasteiger partial charge in [-0.25, -0.2) is 0 Å². The fraction of sp³-hybridized carbons (Fsp3) is 0.731. The monoisotopic (exact) mass is 567 g/mol. The molecular formula is C26H46KN3O4S2. The van der Waals surface area contributed by atoms with Gasteiger partial charge in [0.05, 0.1) is 22.6 Å². The molecule has 7 nitrogen and oxygen atoms in total. The third-order valence-electron chi connectivity index (χ3n) is 6.32. The van der Waals surface area contributed by atoms with Gasteiger partial charge in [0.2, 0.25) is 4.80 Å². The summed E-state index contributed by atoms with van der Waals surface area (Å²) < 4.78 is 39.7. The van der Waals surface area contributed by atoms with Crippen LogP contribution in [0.25, 0.3) is 10.2 Å². The Balaban J connectivity index is 0.00000648. The van der Waals surface area contributed by atoms with E-state index in [4.69, 9.17) is 15.1 Å².